The molecule has 0 saturated carbocycles. The molecule has 0 fully saturated rings. The number of halogens is 1. The molecule has 0 saturated heterocycles. The van der Waals surface area contributed by atoms with Crippen molar-refractivity contribution in [2.75, 3.05) is 5.73 Å². The van der Waals surface area contributed by atoms with Gasteiger partial charge in [-0.2, -0.15) is 0 Å². The molecule has 1 aromatic heterocycles. The van der Waals surface area contributed by atoms with Gasteiger partial charge in [0.25, 0.3) is 0 Å². The Hall–Kier alpha value is -1.13. The van der Waals surface area contributed by atoms with E-state index in [1.807, 2.05) is 19.1 Å². The van der Waals surface area contributed by atoms with Crippen LogP contribution in [0.3, 0.4) is 0 Å². The first-order chi connectivity index (χ1) is 7.66. The molecule has 1 aliphatic heterocycles. The molecule has 0 bridgehead atoms. The fourth-order valence-corrected chi connectivity index (χ4v) is 2.59. The Morgan fingerprint density at radius 1 is 1.50 bits per heavy atom. The van der Waals surface area contributed by atoms with Crippen molar-refractivity contribution in [3.05, 3.63) is 33.8 Å². The second-order valence-electron chi connectivity index (χ2n) is 4.00. The summed E-state index contributed by atoms with van der Waals surface area (Å²) in [5.74, 6) is 0.589. The highest BCUT2D eigenvalue weighted by Gasteiger charge is 2.25. The maximum atomic E-state index is 5.97. The van der Waals surface area contributed by atoms with Crippen molar-refractivity contribution in [1.82, 2.24) is 4.98 Å². The van der Waals surface area contributed by atoms with Crippen LogP contribution in [0.15, 0.2) is 22.7 Å². The van der Waals surface area contributed by atoms with Crippen molar-refractivity contribution in [3.63, 3.8) is 0 Å². The molecule has 82 valence electrons. The molecule has 1 aromatic carbocycles. The maximum absolute atomic E-state index is 5.97. The van der Waals surface area contributed by atoms with Crippen LogP contribution < -0.4 is 5.73 Å². The zero-order valence-electron chi connectivity index (χ0n) is 8.83. The van der Waals surface area contributed by atoms with Gasteiger partial charge in [0.2, 0.25) is 0 Å². The van der Waals surface area contributed by atoms with Crippen molar-refractivity contribution in [3.8, 4) is 0 Å². The molecule has 0 aliphatic carbocycles. The molecular weight excluding hydrogens is 268 g/mol. The average molecular weight is 279 g/mol. The van der Waals surface area contributed by atoms with Gasteiger partial charge in [-0.1, -0.05) is 22.0 Å². The van der Waals surface area contributed by atoms with Crippen LogP contribution in [-0.2, 0) is 11.3 Å². The van der Waals surface area contributed by atoms with Crippen LogP contribution in [0.5, 0.6) is 0 Å². The van der Waals surface area contributed by atoms with Crippen molar-refractivity contribution in [2.45, 2.75) is 19.6 Å². The molecule has 0 amide bonds. The second kappa shape index (κ2) is 3.43. The number of fused-ring (bicyclic) bond motifs is 3. The summed E-state index contributed by atoms with van der Waals surface area (Å²) in [4.78, 5) is 4.43. The number of aromatic nitrogens is 1. The maximum Gasteiger partial charge on any atom is 0.130 e. The number of nitrogen functional groups attached to an aromatic ring is 1. The molecule has 0 radical (unpaired) electrons. The van der Waals surface area contributed by atoms with Gasteiger partial charge in [0.05, 0.1) is 18.2 Å². The van der Waals surface area contributed by atoms with Crippen LogP contribution in [0.4, 0.5) is 5.82 Å². The van der Waals surface area contributed by atoms with E-state index in [1.165, 1.54) is 5.56 Å². The van der Waals surface area contributed by atoms with E-state index in [1.54, 1.807) is 0 Å². The number of hydrogen-bond donors (Lipinski definition) is 1. The summed E-state index contributed by atoms with van der Waals surface area (Å²) in [7, 11) is 0. The second-order valence-corrected chi connectivity index (χ2v) is 4.92. The topological polar surface area (TPSA) is 48.1 Å². The highest BCUT2D eigenvalue weighted by atomic mass is 79.9. The lowest BCUT2D eigenvalue weighted by atomic mass is 10.0. The van der Waals surface area contributed by atoms with E-state index in [4.69, 9.17) is 10.5 Å². The molecule has 16 heavy (non-hydrogen) atoms. The standard InChI is InChI=1S/C12H11BrN2O/c1-6-11-9(5-16-6)8-3-2-7(13)4-10(8)15-12(11)14/h2-4,6H,5H2,1H3,(H2,14,15). The summed E-state index contributed by atoms with van der Waals surface area (Å²) in [5.41, 5.74) is 9.13. The van der Waals surface area contributed by atoms with Crippen LogP contribution >= 0.6 is 15.9 Å². The fraction of sp³-hybridized carbons (Fsp3) is 0.250. The lowest BCUT2D eigenvalue weighted by molar-refractivity contribution is 0.0801. The smallest absolute Gasteiger partial charge is 0.130 e. The van der Waals surface area contributed by atoms with Crippen molar-refractivity contribution in [1.29, 1.82) is 0 Å². The Balaban J connectivity index is 2.40. The number of pyridine rings is 1. The number of nitrogens with zero attached hydrogens (tertiary/aromatic N) is 1. The summed E-state index contributed by atoms with van der Waals surface area (Å²) in [5, 5.41) is 1.14. The van der Waals surface area contributed by atoms with Crippen molar-refractivity contribution < 1.29 is 4.74 Å². The van der Waals surface area contributed by atoms with Gasteiger partial charge in [-0.15, -0.1) is 0 Å². The predicted molar refractivity (Wildman–Crippen MR) is 67.1 cm³/mol. The summed E-state index contributed by atoms with van der Waals surface area (Å²) in [6.07, 6.45) is 0.0514. The summed E-state index contributed by atoms with van der Waals surface area (Å²) >= 11 is 3.44. The molecule has 1 atom stereocenters. The normalized spacial score (nSPS) is 19.0. The molecule has 2 N–H and O–H groups in total. The molecule has 1 aliphatic rings. The lowest BCUT2D eigenvalue weighted by Crippen LogP contribution is -2.00. The van der Waals surface area contributed by atoms with Crippen LogP contribution in [0, 0.1) is 0 Å². The van der Waals surface area contributed by atoms with E-state index in [2.05, 4.69) is 27.0 Å². The van der Waals surface area contributed by atoms with Crippen molar-refractivity contribution >= 4 is 32.7 Å². The number of benzene rings is 1. The predicted octanol–water partition coefficient (Wildman–Crippen LogP) is 3.17. The third-order valence-electron chi connectivity index (χ3n) is 3.01. The Morgan fingerprint density at radius 2 is 2.31 bits per heavy atom. The van der Waals surface area contributed by atoms with Gasteiger partial charge < -0.3 is 10.5 Å². The number of anilines is 1. The first-order valence-electron chi connectivity index (χ1n) is 5.16. The van der Waals surface area contributed by atoms with Crippen LogP contribution in [0.1, 0.15) is 24.2 Å². The number of nitrogens with two attached hydrogens (primary N) is 1. The minimum Gasteiger partial charge on any atom is -0.383 e. The zero-order valence-corrected chi connectivity index (χ0v) is 10.4. The largest absolute Gasteiger partial charge is 0.383 e. The first kappa shape index (κ1) is 10.1. The average Bonchev–Trinajstić information content (AvgIpc) is 2.61. The Kier molecular flexibility index (Phi) is 2.16. The molecule has 2 aromatic rings. The van der Waals surface area contributed by atoms with Crippen molar-refractivity contribution in [2.24, 2.45) is 0 Å². The number of hydrogen-bond acceptors (Lipinski definition) is 3. The van der Waals surface area contributed by atoms with Gasteiger partial charge in [-0.05, 0) is 24.6 Å². The molecular formula is C12H11BrN2O. The van der Waals surface area contributed by atoms with Gasteiger partial charge >= 0.3 is 0 Å². The van der Waals surface area contributed by atoms with Gasteiger partial charge in [0.15, 0.2) is 0 Å². The van der Waals surface area contributed by atoms with Gasteiger partial charge in [-0.3, -0.25) is 0 Å². The monoisotopic (exact) mass is 278 g/mol. The quantitative estimate of drug-likeness (QED) is 0.805. The number of ether oxygens (including phenoxy) is 1. The van der Waals surface area contributed by atoms with Crippen LogP contribution in [-0.4, -0.2) is 4.98 Å². The Labute approximate surface area is 102 Å². The molecule has 4 heteroatoms. The van der Waals surface area contributed by atoms with Gasteiger partial charge in [0, 0.05) is 15.4 Å². The van der Waals surface area contributed by atoms with E-state index in [-0.39, 0.29) is 6.10 Å². The Morgan fingerprint density at radius 3 is 3.12 bits per heavy atom. The molecule has 1 unspecified atom stereocenters. The van der Waals surface area contributed by atoms with E-state index in [0.717, 1.165) is 20.9 Å². The van der Waals surface area contributed by atoms with E-state index < -0.39 is 0 Å². The minimum atomic E-state index is 0.0514. The fourth-order valence-electron chi connectivity index (χ4n) is 2.24. The van der Waals surface area contributed by atoms with Gasteiger partial charge in [-0.25, -0.2) is 4.98 Å². The molecule has 3 nitrogen and oxygen atoms in total. The zero-order chi connectivity index (χ0) is 11.3. The van der Waals surface area contributed by atoms with Crippen LogP contribution in [0.2, 0.25) is 0 Å². The summed E-state index contributed by atoms with van der Waals surface area (Å²) < 4.78 is 6.62. The molecule has 0 spiro atoms. The third kappa shape index (κ3) is 1.33. The van der Waals surface area contributed by atoms with E-state index in [0.29, 0.717) is 12.4 Å². The minimum absolute atomic E-state index is 0.0514. The van der Waals surface area contributed by atoms with Gasteiger partial charge in [0.1, 0.15) is 5.82 Å². The third-order valence-corrected chi connectivity index (χ3v) is 3.50. The van der Waals surface area contributed by atoms with Crippen LogP contribution in [0.25, 0.3) is 10.9 Å². The first-order valence-corrected chi connectivity index (χ1v) is 5.95. The highest BCUT2D eigenvalue weighted by molar-refractivity contribution is 9.10. The SMILES string of the molecule is CC1OCc2c1c(N)nc1cc(Br)ccc21. The molecule has 3 rings (SSSR count). The van der Waals surface area contributed by atoms with E-state index in [9.17, 15) is 0 Å². The summed E-state index contributed by atoms with van der Waals surface area (Å²) in [6.45, 7) is 2.63. The molecule has 2 heterocycles. The summed E-state index contributed by atoms with van der Waals surface area (Å²) in [6, 6.07) is 6.06. The highest BCUT2D eigenvalue weighted by Crippen LogP contribution is 2.38. The van der Waals surface area contributed by atoms with E-state index >= 15 is 0 Å². The lowest BCUT2D eigenvalue weighted by Gasteiger charge is -2.09. The Bertz CT molecular complexity index is 583. The number of rotatable bonds is 0.